The molecule has 0 unspecified atom stereocenters. The highest BCUT2D eigenvalue weighted by molar-refractivity contribution is 7.87. The van der Waals surface area contributed by atoms with Crippen LogP contribution in [0.4, 0.5) is 0 Å². The Hall–Kier alpha value is -0.170. The summed E-state index contributed by atoms with van der Waals surface area (Å²) in [5.41, 5.74) is 0. The van der Waals surface area contributed by atoms with Crippen LogP contribution in [0.15, 0.2) is 0 Å². The zero-order chi connectivity index (χ0) is 9.12. The van der Waals surface area contributed by atoms with Gasteiger partial charge in [0.1, 0.15) is 4.87 Å². The van der Waals surface area contributed by atoms with E-state index in [0.717, 1.165) is 0 Å². The van der Waals surface area contributed by atoms with Crippen LogP contribution in [0.3, 0.4) is 0 Å². The van der Waals surface area contributed by atoms with Gasteiger partial charge >= 0.3 is 0 Å². The summed E-state index contributed by atoms with van der Waals surface area (Å²) < 4.78 is 29.7. The molecule has 68 valence electrons. The van der Waals surface area contributed by atoms with E-state index >= 15 is 0 Å². The maximum atomic E-state index is 10.6. The number of aliphatic hydroxyl groups is 1. The topological polar surface area (TPSA) is 86.6 Å². The minimum Gasteiger partial charge on any atom is -0.395 e. The molecule has 6 heteroatoms. The summed E-state index contributed by atoms with van der Waals surface area (Å²) in [4.78, 5) is -1.39. The molecule has 3 N–H and O–H groups in total. The van der Waals surface area contributed by atoms with Gasteiger partial charge in [0.05, 0.1) is 6.61 Å². The van der Waals surface area contributed by atoms with Crippen molar-refractivity contribution < 1.29 is 18.1 Å². The summed E-state index contributed by atoms with van der Waals surface area (Å²) in [7, 11) is -4.10. The first-order valence-corrected chi connectivity index (χ1v) is 4.58. The van der Waals surface area contributed by atoms with Crippen molar-refractivity contribution in [2.45, 2.75) is 18.7 Å². The van der Waals surface area contributed by atoms with Crippen molar-refractivity contribution in [2.75, 3.05) is 13.2 Å². The fourth-order valence-electron chi connectivity index (χ4n) is 0.448. The second kappa shape index (κ2) is 3.48. The molecule has 0 saturated heterocycles. The van der Waals surface area contributed by atoms with E-state index < -0.39 is 15.0 Å². The fourth-order valence-corrected chi connectivity index (χ4v) is 0.733. The molecule has 0 radical (unpaired) electrons. The summed E-state index contributed by atoms with van der Waals surface area (Å²) in [6.07, 6.45) is 0. The van der Waals surface area contributed by atoms with Crippen molar-refractivity contribution in [1.82, 2.24) is 5.32 Å². The highest BCUT2D eigenvalue weighted by Crippen LogP contribution is 2.08. The average molecular weight is 183 g/mol. The van der Waals surface area contributed by atoms with Gasteiger partial charge in [-0.05, 0) is 13.8 Å². The highest BCUT2D eigenvalue weighted by Gasteiger charge is 2.31. The molecule has 0 aliphatic carbocycles. The minimum atomic E-state index is -4.10. The lowest BCUT2D eigenvalue weighted by molar-refractivity contribution is 0.279. The van der Waals surface area contributed by atoms with Crippen molar-refractivity contribution in [3.63, 3.8) is 0 Å². The van der Waals surface area contributed by atoms with Crippen LogP contribution in [0, 0.1) is 0 Å². The van der Waals surface area contributed by atoms with Gasteiger partial charge in [0.15, 0.2) is 0 Å². The lowest BCUT2D eigenvalue weighted by Gasteiger charge is -2.21. The number of hydrogen-bond acceptors (Lipinski definition) is 4. The third-order valence-electron chi connectivity index (χ3n) is 1.31. The summed E-state index contributed by atoms with van der Waals surface area (Å²) in [6, 6.07) is 0. The van der Waals surface area contributed by atoms with Gasteiger partial charge < -0.3 is 5.11 Å². The summed E-state index contributed by atoms with van der Waals surface area (Å²) in [5, 5.41) is 10.8. The van der Waals surface area contributed by atoms with Gasteiger partial charge in [0.25, 0.3) is 10.1 Å². The first-order chi connectivity index (χ1) is 4.81. The Morgan fingerprint density at radius 3 is 2.18 bits per heavy atom. The van der Waals surface area contributed by atoms with Crippen LogP contribution in [0.5, 0.6) is 0 Å². The molecule has 0 atom stereocenters. The Bertz CT molecular complexity index is 209. The van der Waals surface area contributed by atoms with Crippen molar-refractivity contribution in [3.8, 4) is 0 Å². The van der Waals surface area contributed by atoms with Gasteiger partial charge in [-0.3, -0.25) is 9.87 Å². The van der Waals surface area contributed by atoms with Crippen LogP contribution in [-0.2, 0) is 10.1 Å². The maximum Gasteiger partial charge on any atom is 0.283 e. The van der Waals surface area contributed by atoms with Gasteiger partial charge in [-0.2, -0.15) is 8.42 Å². The number of rotatable bonds is 4. The number of aliphatic hydroxyl groups excluding tert-OH is 1. The molecular formula is C5H13NO4S. The normalized spacial score (nSPS) is 13.5. The van der Waals surface area contributed by atoms with Crippen LogP contribution in [0.2, 0.25) is 0 Å². The zero-order valence-electron chi connectivity index (χ0n) is 6.53. The SMILES string of the molecule is CC(C)(NCCO)S(=O)(=O)O. The molecule has 0 bridgehead atoms. The molecule has 0 fully saturated rings. The molecule has 0 amide bonds. The highest BCUT2D eigenvalue weighted by atomic mass is 32.2. The van der Waals surface area contributed by atoms with Gasteiger partial charge in [-0.1, -0.05) is 0 Å². The molecule has 0 rings (SSSR count). The Balaban J connectivity index is 4.24. The van der Waals surface area contributed by atoms with E-state index in [9.17, 15) is 8.42 Å². The van der Waals surface area contributed by atoms with Gasteiger partial charge in [-0.15, -0.1) is 0 Å². The zero-order valence-corrected chi connectivity index (χ0v) is 7.35. The molecule has 0 heterocycles. The molecule has 0 saturated carbocycles. The smallest absolute Gasteiger partial charge is 0.283 e. The molecule has 0 aliphatic heterocycles. The first kappa shape index (κ1) is 10.8. The Labute approximate surface area is 66.2 Å². The van der Waals surface area contributed by atoms with Crippen molar-refractivity contribution in [1.29, 1.82) is 0 Å². The fraction of sp³-hybridized carbons (Fsp3) is 1.00. The third-order valence-corrected chi connectivity index (χ3v) is 2.74. The first-order valence-electron chi connectivity index (χ1n) is 3.14. The van der Waals surface area contributed by atoms with E-state index in [-0.39, 0.29) is 13.2 Å². The lowest BCUT2D eigenvalue weighted by atomic mass is 10.4. The molecule has 0 aromatic rings. The molecule has 0 aliphatic rings. The standard InChI is InChI=1S/C5H13NO4S/c1-5(2,6-3-4-7)11(8,9)10/h6-7H,3-4H2,1-2H3,(H,8,9,10). The molecular weight excluding hydrogens is 170 g/mol. The number of nitrogens with one attached hydrogen (secondary N) is 1. The minimum absolute atomic E-state index is 0.132. The summed E-state index contributed by atoms with van der Waals surface area (Å²) >= 11 is 0. The third kappa shape index (κ3) is 3.15. The second-order valence-corrected chi connectivity index (χ2v) is 4.61. The van der Waals surface area contributed by atoms with Crippen molar-refractivity contribution >= 4 is 10.1 Å². The Morgan fingerprint density at radius 1 is 1.45 bits per heavy atom. The summed E-state index contributed by atoms with van der Waals surface area (Å²) in [5.74, 6) is 0. The lowest BCUT2D eigenvalue weighted by Crippen LogP contribution is -2.47. The summed E-state index contributed by atoms with van der Waals surface area (Å²) in [6.45, 7) is 2.60. The van der Waals surface area contributed by atoms with E-state index in [1.165, 1.54) is 13.8 Å². The molecule has 11 heavy (non-hydrogen) atoms. The second-order valence-electron chi connectivity index (χ2n) is 2.64. The van der Waals surface area contributed by atoms with E-state index in [1.54, 1.807) is 0 Å². The van der Waals surface area contributed by atoms with Crippen molar-refractivity contribution in [3.05, 3.63) is 0 Å². The van der Waals surface area contributed by atoms with E-state index in [1.807, 2.05) is 0 Å². The van der Waals surface area contributed by atoms with Crippen LogP contribution in [0.25, 0.3) is 0 Å². The van der Waals surface area contributed by atoms with E-state index in [0.29, 0.717) is 0 Å². The predicted octanol–water partition coefficient (Wildman–Crippen LogP) is -0.808. The van der Waals surface area contributed by atoms with Crippen molar-refractivity contribution in [2.24, 2.45) is 0 Å². The van der Waals surface area contributed by atoms with E-state index in [2.05, 4.69) is 5.32 Å². The van der Waals surface area contributed by atoms with Gasteiger partial charge in [0, 0.05) is 6.54 Å². The van der Waals surface area contributed by atoms with E-state index in [4.69, 9.17) is 9.66 Å². The van der Waals surface area contributed by atoms with Crippen LogP contribution in [-0.4, -0.2) is 36.1 Å². The quantitative estimate of drug-likeness (QED) is 0.496. The average Bonchev–Trinajstić information content (AvgIpc) is 1.81. The van der Waals surface area contributed by atoms with Crippen LogP contribution < -0.4 is 5.32 Å². The molecule has 5 nitrogen and oxygen atoms in total. The Kier molecular flexibility index (Phi) is 3.43. The van der Waals surface area contributed by atoms with Crippen LogP contribution in [0.1, 0.15) is 13.8 Å². The molecule has 0 aromatic heterocycles. The largest absolute Gasteiger partial charge is 0.395 e. The van der Waals surface area contributed by atoms with Gasteiger partial charge in [0.2, 0.25) is 0 Å². The predicted molar refractivity (Wildman–Crippen MR) is 40.7 cm³/mol. The molecule has 0 spiro atoms. The van der Waals surface area contributed by atoms with Crippen LogP contribution >= 0.6 is 0 Å². The number of hydrogen-bond donors (Lipinski definition) is 3. The van der Waals surface area contributed by atoms with Gasteiger partial charge in [-0.25, -0.2) is 0 Å². The Morgan fingerprint density at radius 2 is 1.91 bits per heavy atom. The maximum absolute atomic E-state index is 10.6. The monoisotopic (exact) mass is 183 g/mol. The molecule has 0 aromatic carbocycles.